The van der Waals surface area contributed by atoms with Crippen molar-refractivity contribution in [2.45, 2.75) is 39.3 Å². The van der Waals surface area contributed by atoms with Crippen molar-refractivity contribution in [1.29, 1.82) is 0 Å². The van der Waals surface area contributed by atoms with Crippen LogP contribution in [0, 0.1) is 5.92 Å². The molecule has 0 spiro atoms. The molecule has 3 N–H and O–H groups in total. The third-order valence-electron chi connectivity index (χ3n) is 4.48. The largest absolute Gasteiger partial charge is 0.354 e. The summed E-state index contributed by atoms with van der Waals surface area (Å²) in [5.74, 6) is 0.0250. The Morgan fingerprint density at radius 3 is 2.04 bits per heavy atom. The maximum atomic E-state index is 12.6. The lowest BCUT2D eigenvalue weighted by atomic mass is 10.00. The molecule has 0 fully saturated rings. The van der Waals surface area contributed by atoms with E-state index in [0.29, 0.717) is 13.1 Å². The van der Waals surface area contributed by atoms with Gasteiger partial charge in [0.1, 0.15) is 6.04 Å². The van der Waals surface area contributed by atoms with Gasteiger partial charge < -0.3 is 16.0 Å². The normalized spacial score (nSPS) is 12.9. The second-order valence-electron chi connectivity index (χ2n) is 7.09. The summed E-state index contributed by atoms with van der Waals surface area (Å²) in [5.41, 5.74) is 2.18. The van der Waals surface area contributed by atoms with Crippen LogP contribution < -0.4 is 16.0 Å². The molecule has 0 aliphatic carbocycles. The summed E-state index contributed by atoms with van der Waals surface area (Å²) in [5, 5.41) is 8.55. The number of amides is 3. The first-order valence-corrected chi connectivity index (χ1v) is 9.38. The van der Waals surface area contributed by atoms with Gasteiger partial charge in [0.25, 0.3) is 0 Å². The van der Waals surface area contributed by atoms with E-state index in [1.807, 2.05) is 74.5 Å². The summed E-state index contributed by atoms with van der Waals surface area (Å²) < 4.78 is 0. The van der Waals surface area contributed by atoms with Crippen LogP contribution in [0.3, 0.4) is 0 Å². The number of benzene rings is 2. The number of urea groups is 1. The van der Waals surface area contributed by atoms with Gasteiger partial charge in [-0.3, -0.25) is 4.79 Å². The van der Waals surface area contributed by atoms with Crippen LogP contribution >= 0.6 is 0 Å². The van der Waals surface area contributed by atoms with Crippen LogP contribution in [-0.2, 0) is 11.3 Å². The van der Waals surface area contributed by atoms with Gasteiger partial charge >= 0.3 is 6.03 Å². The van der Waals surface area contributed by atoms with Crippen molar-refractivity contribution in [3.05, 3.63) is 71.8 Å². The van der Waals surface area contributed by atoms with E-state index in [-0.39, 0.29) is 23.8 Å². The van der Waals surface area contributed by atoms with E-state index in [4.69, 9.17) is 0 Å². The van der Waals surface area contributed by atoms with Gasteiger partial charge in [0.15, 0.2) is 0 Å². The minimum Gasteiger partial charge on any atom is -0.354 e. The summed E-state index contributed by atoms with van der Waals surface area (Å²) in [6, 6.07) is 18.8. The van der Waals surface area contributed by atoms with E-state index in [1.54, 1.807) is 0 Å². The predicted octanol–water partition coefficient (Wildman–Crippen LogP) is 3.43. The Labute approximate surface area is 161 Å². The summed E-state index contributed by atoms with van der Waals surface area (Å²) in [4.78, 5) is 24.8. The third-order valence-corrected chi connectivity index (χ3v) is 4.48. The minimum absolute atomic E-state index is 0.0143. The number of carbonyl (C=O) groups is 2. The van der Waals surface area contributed by atoms with Crippen LogP contribution in [0.5, 0.6) is 0 Å². The van der Waals surface area contributed by atoms with E-state index >= 15 is 0 Å². The maximum absolute atomic E-state index is 12.6. The first-order valence-electron chi connectivity index (χ1n) is 9.38. The molecule has 0 aliphatic rings. The van der Waals surface area contributed by atoms with Gasteiger partial charge in [0.05, 0.1) is 0 Å². The number of nitrogens with one attached hydrogen (secondary N) is 3. The highest BCUT2D eigenvalue weighted by Crippen LogP contribution is 2.13. The zero-order valence-electron chi connectivity index (χ0n) is 16.2. The van der Waals surface area contributed by atoms with Crippen LogP contribution in [0.15, 0.2) is 60.7 Å². The van der Waals surface area contributed by atoms with Crippen molar-refractivity contribution in [3.63, 3.8) is 0 Å². The molecule has 2 aromatic carbocycles. The van der Waals surface area contributed by atoms with Crippen LogP contribution in [0.1, 0.15) is 37.8 Å². The standard InChI is InChI=1S/C22H29N3O2/c1-16(2)20(25-22(27)24-15-18-10-6-4-7-11-18)21(26)23-14-17(3)19-12-8-5-9-13-19/h4-13,16-17,20H,14-15H2,1-3H3,(H,23,26)(H2,24,25,27). The van der Waals surface area contributed by atoms with Crippen LogP contribution in [-0.4, -0.2) is 24.5 Å². The van der Waals surface area contributed by atoms with Crippen molar-refractivity contribution in [2.75, 3.05) is 6.54 Å². The molecule has 144 valence electrons. The highest BCUT2D eigenvalue weighted by Gasteiger charge is 2.24. The minimum atomic E-state index is -0.580. The van der Waals surface area contributed by atoms with E-state index < -0.39 is 6.04 Å². The molecule has 2 atom stereocenters. The van der Waals surface area contributed by atoms with Gasteiger partial charge in [-0.05, 0) is 23.0 Å². The molecule has 2 rings (SSSR count). The van der Waals surface area contributed by atoms with E-state index in [2.05, 4.69) is 22.9 Å². The van der Waals surface area contributed by atoms with E-state index in [1.165, 1.54) is 5.56 Å². The first kappa shape index (κ1) is 20.5. The summed E-state index contributed by atoms with van der Waals surface area (Å²) >= 11 is 0. The van der Waals surface area contributed by atoms with Gasteiger partial charge in [-0.1, -0.05) is 81.4 Å². The highest BCUT2D eigenvalue weighted by atomic mass is 16.2. The van der Waals surface area contributed by atoms with Crippen molar-refractivity contribution in [3.8, 4) is 0 Å². The molecule has 2 aromatic rings. The number of hydrogen-bond donors (Lipinski definition) is 3. The Balaban J connectivity index is 1.84. The van der Waals surface area contributed by atoms with Gasteiger partial charge in [0, 0.05) is 13.1 Å². The fourth-order valence-electron chi connectivity index (χ4n) is 2.77. The molecule has 27 heavy (non-hydrogen) atoms. The van der Waals surface area contributed by atoms with Crippen molar-refractivity contribution >= 4 is 11.9 Å². The monoisotopic (exact) mass is 367 g/mol. The Kier molecular flexibility index (Phi) is 7.86. The lowest BCUT2D eigenvalue weighted by Gasteiger charge is -2.23. The molecule has 0 aromatic heterocycles. The van der Waals surface area contributed by atoms with Crippen LogP contribution in [0.2, 0.25) is 0 Å². The lowest BCUT2D eigenvalue weighted by molar-refractivity contribution is -0.123. The Morgan fingerprint density at radius 2 is 1.44 bits per heavy atom. The van der Waals surface area contributed by atoms with Crippen molar-refractivity contribution in [1.82, 2.24) is 16.0 Å². The molecule has 0 radical (unpaired) electrons. The molecule has 0 heterocycles. The molecule has 0 saturated heterocycles. The van der Waals surface area contributed by atoms with Gasteiger partial charge in [0.2, 0.25) is 5.91 Å². The number of carbonyl (C=O) groups excluding carboxylic acids is 2. The molecule has 0 aliphatic heterocycles. The summed E-state index contributed by atoms with van der Waals surface area (Å²) in [6.07, 6.45) is 0. The second-order valence-corrected chi connectivity index (χ2v) is 7.09. The third kappa shape index (κ3) is 6.77. The Morgan fingerprint density at radius 1 is 0.852 bits per heavy atom. The van der Waals surface area contributed by atoms with Gasteiger partial charge in [-0.15, -0.1) is 0 Å². The fraction of sp³-hybridized carbons (Fsp3) is 0.364. The molecule has 0 saturated carbocycles. The van der Waals surface area contributed by atoms with Crippen LogP contribution in [0.4, 0.5) is 4.79 Å². The topological polar surface area (TPSA) is 70.2 Å². The van der Waals surface area contributed by atoms with Crippen LogP contribution in [0.25, 0.3) is 0 Å². The van der Waals surface area contributed by atoms with Crippen molar-refractivity contribution in [2.24, 2.45) is 5.92 Å². The second kappa shape index (κ2) is 10.4. The molecule has 5 heteroatoms. The predicted molar refractivity (Wildman–Crippen MR) is 108 cm³/mol. The van der Waals surface area contributed by atoms with Gasteiger partial charge in [-0.2, -0.15) is 0 Å². The lowest BCUT2D eigenvalue weighted by Crippen LogP contribution is -2.52. The molecule has 3 amide bonds. The SMILES string of the molecule is CC(CNC(=O)C(NC(=O)NCc1ccccc1)C(C)C)c1ccccc1. The average molecular weight is 367 g/mol. The number of hydrogen-bond acceptors (Lipinski definition) is 2. The fourth-order valence-corrected chi connectivity index (χ4v) is 2.77. The van der Waals surface area contributed by atoms with E-state index in [9.17, 15) is 9.59 Å². The molecule has 2 unspecified atom stereocenters. The van der Waals surface area contributed by atoms with Gasteiger partial charge in [-0.25, -0.2) is 4.79 Å². The maximum Gasteiger partial charge on any atom is 0.315 e. The average Bonchev–Trinajstić information content (AvgIpc) is 2.69. The molecular formula is C22H29N3O2. The molecule has 0 bridgehead atoms. The Hall–Kier alpha value is -2.82. The first-order chi connectivity index (χ1) is 13.0. The van der Waals surface area contributed by atoms with Crippen molar-refractivity contribution < 1.29 is 9.59 Å². The Bertz CT molecular complexity index is 717. The van der Waals surface area contributed by atoms with E-state index in [0.717, 1.165) is 5.56 Å². The number of rotatable bonds is 8. The smallest absolute Gasteiger partial charge is 0.315 e. The summed E-state index contributed by atoms with van der Waals surface area (Å²) in [7, 11) is 0. The quantitative estimate of drug-likeness (QED) is 0.669. The summed E-state index contributed by atoms with van der Waals surface area (Å²) in [6.45, 7) is 6.86. The zero-order chi connectivity index (χ0) is 19.6. The molecular weight excluding hydrogens is 338 g/mol. The zero-order valence-corrected chi connectivity index (χ0v) is 16.2. The highest BCUT2D eigenvalue weighted by molar-refractivity contribution is 5.87. The molecule has 5 nitrogen and oxygen atoms in total.